The van der Waals surface area contributed by atoms with Crippen LogP contribution in [0, 0.1) is 11.8 Å². The molecule has 0 aromatic heterocycles. The van der Waals surface area contributed by atoms with Crippen LogP contribution in [0.4, 0.5) is 0 Å². The number of ether oxygens (including phenoxy) is 1. The summed E-state index contributed by atoms with van der Waals surface area (Å²) in [6.07, 6.45) is 1.13. The van der Waals surface area contributed by atoms with Crippen molar-refractivity contribution in [1.82, 2.24) is 4.90 Å². The Morgan fingerprint density at radius 2 is 2.50 bits per heavy atom. The van der Waals surface area contributed by atoms with E-state index >= 15 is 0 Å². The van der Waals surface area contributed by atoms with Crippen molar-refractivity contribution in [2.45, 2.75) is 12.5 Å². The summed E-state index contributed by atoms with van der Waals surface area (Å²) in [6.45, 7) is 1.34. The molecule has 54 valence electrons. The van der Waals surface area contributed by atoms with Gasteiger partial charge in [0.2, 0.25) is 5.91 Å². The molecule has 1 saturated carbocycles. The van der Waals surface area contributed by atoms with E-state index in [9.17, 15) is 4.79 Å². The number of carbonyl (C=O) groups excluding carboxylic acids is 1. The van der Waals surface area contributed by atoms with Crippen LogP contribution in [0.3, 0.4) is 0 Å². The van der Waals surface area contributed by atoms with Crippen LogP contribution < -0.4 is 0 Å². The zero-order valence-corrected chi connectivity index (χ0v) is 5.62. The molecule has 3 atom stereocenters. The first-order valence-electron chi connectivity index (χ1n) is 3.76. The van der Waals surface area contributed by atoms with Gasteiger partial charge in [-0.15, -0.1) is 0 Å². The molecule has 3 fully saturated rings. The molecule has 3 nitrogen and oxygen atoms in total. The van der Waals surface area contributed by atoms with E-state index in [1.807, 2.05) is 4.90 Å². The maximum Gasteiger partial charge on any atom is 0.228 e. The fourth-order valence-electron chi connectivity index (χ4n) is 2.18. The lowest BCUT2D eigenvalue weighted by Crippen LogP contribution is -2.32. The Morgan fingerprint density at radius 1 is 1.60 bits per heavy atom. The molecule has 1 amide bonds. The molecule has 3 aliphatic rings. The highest BCUT2D eigenvalue weighted by atomic mass is 16.5. The van der Waals surface area contributed by atoms with Crippen LogP contribution in [-0.2, 0) is 9.53 Å². The van der Waals surface area contributed by atoms with Gasteiger partial charge in [0, 0.05) is 5.92 Å². The van der Waals surface area contributed by atoms with E-state index < -0.39 is 0 Å². The van der Waals surface area contributed by atoms with Crippen LogP contribution >= 0.6 is 0 Å². The SMILES string of the molecule is O=C1C2CC2C2COCN12. The Bertz CT molecular complexity index is 204. The lowest BCUT2D eigenvalue weighted by atomic mass is 10.2. The largest absolute Gasteiger partial charge is 0.359 e. The minimum absolute atomic E-state index is 0.340. The fraction of sp³-hybridized carbons (Fsp3) is 0.857. The normalized spacial score (nSPS) is 49.4. The number of amides is 1. The van der Waals surface area contributed by atoms with Crippen molar-refractivity contribution in [2.75, 3.05) is 13.3 Å². The molecule has 1 aliphatic carbocycles. The average Bonchev–Trinajstić information content (AvgIpc) is 2.48. The summed E-state index contributed by atoms with van der Waals surface area (Å²) in [7, 11) is 0. The van der Waals surface area contributed by atoms with Gasteiger partial charge in [-0.05, 0) is 12.3 Å². The first-order chi connectivity index (χ1) is 4.88. The van der Waals surface area contributed by atoms with Crippen LogP contribution in [0.1, 0.15) is 6.42 Å². The van der Waals surface area contributed by atoms with Crippen LogP contribution in [0.15, 0.2) is 0 Å². The van der Waals surface area contributed by atoms with Gasteiger partial charge in [0.25, 0.3) is 0 Å². The number of fused-ring (bicyclic) bond motifs is 3. The molecular formula is C7H9NO2. The van der Waals surface area contributed by atoms with E-state index in [0.717, 1.165) is 13.0 Å². The van der Waals surface area contributed by atoms with E-state index in [0.29, 0.717) is 30.5 Å². The summed E-state index contributed by atoms with van der Waals surface area (Å²) in [4.78, 5) is 13.2. The Morgan fingerprint density at radius 3 is 3.30 bits per heavy atom. The molecule has 0 spiro atoms. The van der Waals surface area contributed by atoms with Crippen LogP contribution in [-0.4, -0.2) is 30.2 Å². The molecular weight excluding hydrogens is 130 g/mol. The molecule has 0 aromatic rings. The Hall–Kier alpha value is -0.570. The third kappa shape index (κ3) is 0.408. The van der Waals surface area contributed by atoms with Crippen LogP contribution in [0.25, 0.3) is 0 Å². The molecule has 2 saturated heterocycles. The monoisotopic (exact) mass is 139 g/mol. The van der Waals surface area contributed by atoms with Gasteiger partial charge in [-0.2, -0.15) is 0 Å². The quantitative estimate of drug-likeness (QED) is 0.466. The average molecular weight is 139 g/mol. The maximum absolute atomic E-state index is 11.3. The summed E-state index contributed by atoms with van der Waals surface area (Å²) in [5, 5.41) is 0. The van der Waals surface area contributed by atoms with Crippen molar-refractivity contribution in [3.05, 3.63) is 0 Å². The summed E-state index contributed by atoms with van der Waals surface area (Å²) in [6, 6.07) is 0.456. The Kier molecular flexibility index (Phi) is 0.703. The Balaban J connectivity index is 1.97. The van der Waals surface area contributed by atoms with E-state index in [-0.39, 0.29) is 0 Å². The van der Waals surface area contributed by atoms with Crippen molar-refractivity contribution < 1.29 is 9.53 Å². The van der Waals surface area contributed by atoms with E-state index in [1.54, 1.807) is 0 Å². The predicted octanol–water partition coefficient (Wildman–Crippen LogP) is -0.179. The molecule has 2 aliphatic heterocycles. The van der Waals surface area contributed by atoms with Crippen LogP contribution in [0.2, 0.25) is 0 Å². The zero-order valence-electron chi connectivity index (χ0n) is 5.62. The molecule has 0 bridgehead atoms. The zero-order chi connectivity index (χ0) is 6.72. The van der Waals surface area contributed by atoms with Crippen molar-refractivity contribution in [3.63, 3.8) is 0 Å². The number of hydrogen-bond acceptors (Lipinski definition) is 2. The molecule has 0 N–H and O–H groups in total. The molecule has 3 rings (SSSR count). The predicted molar refractivity (Wildman–Crippen MR) is 33.0 cm³/mol. The summed E-state index contributed by atoms with van der Waals surface area (Å²) in [5.74, 6) is 1.40. The van der Waals surface area contributed by atoms with E-state index in [4.69, 9.17) is 4.74 Å². The summed E-state index contributed by atoms with van der Waals surface area (Å²) < 4.78 is 5.18. The number of carbonyl (C=O) groups is 1. The fourth-order valence-corrected chi connectivity index (χ4v) is 2.18. The van der Waals surface area contributed by atoms with Gasteiger partial charge < -0.3 is 9.64 Å². The molecule has 10 heavy (non-hydrogen) atoms. The van der Waals surface area contributed by atoms with Gasteiger partial charge in [0.1, 0.15) is 6.73 Å². The molecule has 3 unspecified atom stereocenters. The number of hydrogen-bond donors (Lipinski definition) is 0. The van der Waals surface area contributed by atoms with Crippen molar-refractivity contribution in [1.29, 1.82) is 0 Å². The minimum Gasteiger partial charge on any atom is -0.359 e. The maximum atomic E-state index is 11.3. The van der Waals surface area contributed by atoms with Crippen LogP contribution in [0.5, 0.6) is 0 Å². The summed E-state index contributed by atoms with van der Waals surface area (Å²) >= 11 is 0. The number of nitrogens with zero attached hydrogens (tertiary/aromatic N) is 1. The molecule has 0 aromatic carbocycles. The first-order valence-corrected chi connectivity index (χ1v) is 3.76. The Labute approximate surface area is 58.9 Å². The topological polar surface area (TPSA) is 29.5 Å². The van der Waals surface area contributed by atoms with Gasteiger partial charge in [-0.25, -0.2) is 0 Å². The third-order valence-corrected chi connectivity index (χ3v) is 2.85. The molecule has 3 heteroatoms. The molecule has 0 radical (unpaired) electrons. The second kappa shape index (κ2) is 1.37. The minimum atomic E-state index is 0.340. The highest BCUT2D eigenvalue weighted by Crippen LogP contribution is 2.51. The van der Waals surface area contributed by atoms with Gasteiger partial charge in [0.05, 0.1) is 12.6 Å². The van der Waals surface area contributed by atoms with Gasteiger partial charge in [0.15, 0.2) is 0 Å². The van der Waals surface area contributed by atoms with Gasteiger partial charge in [-0.3, -0.25) is 4.79 Å². The highest BCUT2D eigenvalue weighted by Gasteiger charge is 2.60. The standard InChI is InChI=1S/C7H9NO2/c9-7-5-1-4(5)6-2-10-3-8(6)7/h4-6H,1-3H2. The van der Waals surface area contributed by atoms with E-state index in [1.165, 1.54) is 0 Å². The van der Waals surface area contributed by atoms with Crippen molar-refractivity contribution >= 4 is 5.91 Å². The smallest absolute Gasteiger partial charge is 0.228 e. The van der Waals surface area contributed by atoms with E-state index in [2.05, 4.69) is 0 Å². The third-order valence-electron chi connectivity index (χ3n) is 2.85. The number of rotatable bonds is 0. The summed E-state index contributed by atoms with van der Waals surface area (Å²) in [5.41, 5.74) is 0. The second-order valence-electron chi connectivity index (χ2n) is 3.38. The van der Waals surface area contributed by atoms with Crippen molar-refractivity contribution in [3.8, 4) is 0 Å². The lowest BCUT2D eigenvalue weighted by Gasteiger charge is -2.14. The van der Waals surface area contributed by atoms with Gasteiger partial charge in [-0.1, -0.05) is 0 Å². The first kappa shape index (κ1) is 5.13. The van der Waals surface area contributed by atoms with Crippen molar-refractivity contribution in [2.24, 2.45) is 11.8 Å². The second-order valence-corrected chi connectivity index (χ2v) is 3.38. The molecule has 2 heterocycles. The highest BCUT2D eigenvalue weighted by molar-refractivity contribution is 5.85. The van der Waals surface area contributed by atoms with Gasteiger partial charge >= 0.3 is 0 Å². The lowest BCUT2D eigenvalue weighted by molar-refractivity contribution is -0.131. The number of piperidine rings is 1.